The summed E-state index contributed by atoms with van der Waals surface area (Å²) in [6.07, 6.45) is -2.07. The van der Waals surface area contributed by atoms with Gasteiger partial charge in [-0.3, -0.25) is 0 Å². The van der Waals surface area contributed by atoms with Gasteiger partial charge in [0.1, 0.15) is 11.4 Å². The lowest BCUT2D eigenvalue weighted by atomic mass is 9.77. The van der Waals surface area contributed by atoms with Crippen LogP contribution >= 0.6 is 0 Å². The fraction of sp³-hybridized carbons (Fsp3) is 0.476. The minimum atomic E-state index is -4.49. The normalized spacial score (nSPS) is 27.9. The van der Waals surface area contributed by atoms with Crippen LogP contribution in [0.3, 0.4) is 0 Å². The van der Waals surface area contributed by atoms with E-state index in [-0.39, 0.29) is 12.0 Å². The number of pyridine rings is 1. The Hall–Kier alpha value is -2.12. The van der Waals surface area contributed by atoms with Crippen molar-refractivity contribution in [2.75, 3.05) is 20.3 Å². The lowest BCUT2D eigenvalue weighted by Gasteiger charge is -2.41. The third-order valence-electron chi connectivity index (χ3n) is 5.73. The molecule has 0 aliphatic carbocycles. The molecule has 0 saturated carbocycles. The van der Waals surface area contributed by atoms with Gasteiger partial charge in [-0.15, -0.1) is 0 Å². The molecule has 0 bridgehead atoms. The minimum Gasteiger partial charge on any atom is -0.495 e. The number of aromatic nitrogens is 1. The number of benzene rings is 1. The molecule has 3 atom stereocenters. The standard InChI is InChI=1S/C21H23F3N2O2/c1-27-16-8-9-17(21(22,23)24)26-18(16)15-12-20(28-13-15)10-5-11-25-19(20)14-6-3-2-4-7-14/h2-4,6-9,15,19,25H,5,10-13H2,1H3/t15-,19-,20?/m0/s1. The third kappa shape index (κ3) is 3.49. The average molecular weight is 392 g/mol. The van der Waals surface area contributed by atoms with Crippen LogP contribution in [-0.2, 0) is 10.9 Å². The minimum absolute atomic E-state index is 0.00393. The third-order valence-corrected chi connectivity index (χ3v) is 5.73. The number of ether oxygens (including phenoxy) is 2. The summed E-state index contributed by atoms with van der Waals surface area (Å²) in [4.78, 5) is 3.92. The first kappa shape index (κ1) is 19.2. The summed E-state index contributed by atoms with van der Waals surface area (Å²) in [5, 5.41) is 3.55. The van der Waals surface area contributed by atoms with Crippen LogP contribution < -0.4 is 10.1 Å². The lowest BCUT2D eigenvalue weighted by Crippen LogP contribution is -2.48. The SMILES string of the molecule is COc1ccc(C(F)(F)F)nc1[C@@H]1COC2(CCCN[C@H]2c2ccccc2)C1. The Kier molecular flexibility index (Phi) is 5.05. The maximum Gasteiger partial charge on any atom is 0.433 e. The molecule has 0 radical (unpaired) electrons. The van der Waals surface area contributed by atoms with E-state index in [1.54, 1.807) is 0 Å². The second kappa shape index (κ2) is 7.37. The monoisotopic (exact) mass is 392 g/mol. The Labute approximate surface area is 162 Å². The van der Waals surface area contributed by atoms with E-state index >= 15 is 0 Å². The molecule has 3 heterocycles. The first-order valence-corrected chi connectivity index (χ1v) is 9.47. The average Bonchev–Trinajstić information content (AvgIpc) is 3.12. The molecule has 150 valence electrons. The molecule has 1 N–H and O–H groups in total. The Morgan fingerprint density at radius 1 is 1.18 bits per heavy atom. The topological polar surface area (TPSA) is 43.4 Å². The summed E-state index contributed by atoms with van der Waals surface area (Å²) >= 11 is 0. The maximum atomic E-state index is 13.2. The van der Waals surface area contributed by atoms with E-state index in [4.69, 9.17) is 9.47 Å². The predicted octanol–water partition coefficient (Wildman–Crippen LogP) is 4.48. The van der Waals surface area contributed by atoms with E-state index in [1.165, 1.54) is 13.2 Å². The zero-order valence-corrected chi connectivity index (χ0v) is 15.6. The van der Waals surface area contributed by atoms with Crippen LogP contribution in [0.15, 0.2) is 42.5 Å². The van der Waals surface area contributed by atoms with Crippen molar-refractivity contribution in [1.29, 1.82) is 0 Å². The van der Waals surface area contributed by atoms with Crippen LogP contribution in [-0.4, -0.2) is 30.8 Å². The fourth-order valence-corrected chi connectivity index (χ4v) is 4.47. The molecular weight excluding hydrogens is 369 g/mol. The molecule has 4 rings (SSSR count). The van der Waals surface area contributed by atoms with E-state index in [0.29, 0.717) is 24.5 Å². The van der Waals surface area contributed by atoms with Crippen molar-refractivity contribution in [3.05, 3.63) is 59.4 Å². The summed E-state index contributed by atoms with van der Waals surface area (Å²) in [5.74, 6) is 0.127. The van der Waals surface area contributed by atoms with Gasteiger partial charge in [0.05, 0.1) is 31.1 Å². The molecule has 2 aliphatic heterocycles. The van der Waals surface area contributed by atoms with E-state index in [1.807, 2.05) is 18.2 Å². The van der Waals surface area contributed by atoms with Gasteiger partial charge >= 0.3 is 6.18 Å². The number of nitrogens with zero attached hydrogens (tertiary/aromatic N) is 1. The molecule has 7 heteroatoms. The number of methoxy groups -OCH3 is 1. The van der Waals surface area contributed by atoms with Crippen molar-refractivity contribution in [3.63, 3.8) is 0 Å². The molecule has 2 fully saturated rings. The predicted molar refractivity (Wildman–Crippen MR) is 98.3 cm³/mol. The number of hydrogen-bond acceptors (Lipinski definition) is 4. The van der Waals surface area contributed by atoms with Gasteiger partial charge < -0.3 is 14.8 Å². The van der Waals surface area contributed by atoms with Crippen molar-refractivity contribution >= 4 is 0 Å². The fourth-order valence-electron chi connectivity index (χ4n) is 4.47. The number of nitrogens with one attached hydrogen (secondary N) is 1. The Bertz CT molecular complexity index is 828. The summed E-state index contributed by atoms with van der Waals surface area (Å²) in [7, 11) is 1.45. The highest BCUT2D eigenvalue weighted by Crippen LogP contribution is 2.49. The van der Waals surface area contributed by atoms with Crippen molar-refractivity contribution < 1.29 is 22.6 Å². The quantitative estimate of drug-likeness (QED) is 0.837. The summed E-state index contributed by atoms with van der Waals surface area (Å²) in [5.41, 5.74) is 0.106. The highest BCUT2D eigenvalue weighted by Gasteiger charge is 2.49. The molecule has 2 aliphatic rings. The van der Waals surface area contributed by atoms with Gasteiger partial charge in [0.15, 0.2) is 0 Å². The second-order valence-corrected chi connectivity index (χ2v) is 7.46. The van der Waals surface area contributed by atoms with Gasteiger partial charge in [-0.05, 0) is 43.5 Å². The van der Waals surface area contributed by atoms with E-state index in [0.717, 1.165) is 31.0 Å². The first-order valence-electron chi connectivity index (χ1n) is 9.47. The number of alkyl halides is 3. The molecule has 2 aromatic rings. The molecule has 2 saturated heterocycles. The first-order chi connectivity index (χ1) is 13.4. The van der Waals surface area contributed by atoms with E-state index in [9.17, 15) is 13.2 Å². The summed E-state index contributed by atoms with van der Waals surface area (Å²) in [6, 6.07) is 12.4. The van der Waals surface area contributed by atoms with E-state index in [2.05, 4.69) is 22.4 Å². The Morgan fingerprint density at radius 2 is 1.96 bits per heavy atom. The molecule has 28 heavy (non-hydrogen) atoms. The molecule has 4 nitrogen and oxygen atoms in total. The van der Waals surface area contributed by atoms with Gasteiger partial charge in [-0.25, -0.2) is 4.98 Å². The van der Waals surface area contributed by atoms with Gasteiger partial charge in [0.2, 0.25) is 0 Å². The zero-order chi connectivity index (χ0) is 19.8. The molecule has 1 unspecified atom stereocenters. The maximum absolute atomic E-state index is 13.2. The largest absolute Gasteiger partial charge is 0.495 e. The van der Waals surface area contributed by atoms with Crippen molar-refractivity contribution in [1.82, 2.24) is 10.3 Å². The van der Waals surface area contributed by atoms with Crippen LogP contribution in [0.5, 0.6) is 5.75 Å². The lowest BCUT2D eigenvalue weighted by molar-refractivity contribution is -0.141. The highest BCUT2D eigenvalue weighted by molar-refractivity contribution is 5.35. The van der Waals surface area contributed by atoms with Crippen LogP contribution in [0.25, 0.3) is 0 Å². The molecule has 1 aromatic carbocycles. The van der Waals surface area contributed by atoms with Crippen molar-refractivity contribution in [2.45, 2.75) is 43.0 Å². The highest BCUT2D eigenvalue weighted by atomic mass is 19.4. The second-order valence-electron chi connectivity index (χ2n) is 7.46. The van der Waals surface area contributed by atoms with Crippen LogP contribution in [0.1, 0.15) is 48.2 Å². The Balaban J connectivity index is 1.66. The smallest absolute Gasteiger partial charge is 0.433 e. The zero-order valence-electron chi connectivity index (χ0n) is 15.6. The number of halogens is 3. The Morgan fingerprint density at radius 3 is 2.68 bits per heavy atom. The van der Waals surface area contributed by atoms with Gasteiger partial charge in [-0.1, -0.05) is 30.3 Å². The van der Waals surface area contributed by atoms with Gasteiger partial charge in [0.25, 0.3) is 0 Å². The van der Waals surface area contributed by atoms with Gasteiger partial charge in [-0.2, -0.15) is 13.2 Å². The van der Waals surface area contributed by atoms with Crippen LogP contribution in [0.2, 0.25) is 0 Å². The molecule has 1 spiro atoms. The molecular formula is C21H23F3N2O2. The summed E-state index contributed by atoms with van der Waals surface area (Å²) < 4.78 is 51.1. The van der Waals surface area contributed by atoms with Gasteiger partial charge in [0, 0.05) is 5.92 Å². The molecule has 1 aromatic heterocycles. The van der Waals surface area contributed by atoms with Crippen molar-refractivity contribution in [3.8, 4) is 5.75 Å². The number of hydrogen-bond donors (Lipinski definition) is 1. The number of piperidine rings is 1. The van der Waals surface area contributed by atoms with Crippen molar-refractivity contribution in [2.24, 2.45) is 0 Å². The van der Waals surface area contributed by atoms with Crippen LogP contribution in [0.4, 0.5) is 13.2 Å². The van der Waals surface area contributed by atoms with Crippen LogP contribution in [0, 0.1) is 0 Å². The number of rotatable bonds is 3. The summed E-state index contributed by atoms with van der Waals surface area (Å²) in [6.45, 7) is 1.22. The molecule has 0 amide bonds. The van der Waals surface area contributed by atoms with E-state index < -0.39 is 17.5 Å².